The van der Waals surface area contributed by atoms with E-state index in [0.29, 0.717) is 18.1 Å². The largest absolute Gasteiger partial charge is 0.339 e. The van der Waals surface area contributed by atoms with Crippen molar-refractivity contribution in [2.24, 2.45) is 18.2 Å². The molecule has 2 rings (SSSR count). The molecule has 2 heterocycles. The molecule has 1 atom stereocenters. The second-order valence-electron chi connectivity index (χ2n) is 6.13. The Labute approximate surface area is 113 Å². The fourth-order valence-corrected chi connectivity index (χ4v) is 2.10. The zero-order valence-electron chi connectivity index (χ0n) is 11.9. The number of nitrogens with two attached hydrogens (primary N) is 1. The van der Waals surface area contributed by atoms with Gasteiger partial charge in [0.1, 0.15) is 5.69 Å². The fraction of sp³-hybridized carbons (Fsp3) is 0.615. The number of nitrogens with zero attached hydrogens (tertiary/aromatic N) is 4. The molecule has 0 aromatic carbocycles. The molecule has 0 radical (unpaired) electrons. The van der Waals surface area contributed by atoms with Crippen LogP contribution >= 0.6 is 0 Å². The maximum absolute atomic E-state index is 6.10. The van der Waals surface area contributed by atoms with Crippen LogP contribution in [-0.4, -0.2) is 25.7 Å². The molecular weight excluding hydrogens is 242 g/mol. The van der Waals surface area contributed by atoms with Gasteiger partial charge in [-0.05, 0) is 11.8 Å². The van der Waals surface area contributed by atoms with Gasteiger partial charge in [-0.2, -0.15) is 4.98 Å². The summed E-state index contributed by atoms with van der Waals surface area (Å²) < 4.78 is 7.10. The third kappa shape index (κ3) is 3.64. The standard InChI is InChI=1S/C13H21N5O/c1-13(2,3)6-9(14)5-11-16-12(17-19-11)10-7-15-8-18(10)4/h7-9H,5-6,14H2,1-4H3. The number of aromatic nitrogens is 4. The van der Waals surface area contributed by atoms with Crippen molar-refractivity contribution >= 4 is 0 Å². The second-order valence-corrected chi connectivity index (χ2v) is 6.13. The van der Waals surface area contributed by atoms with Crippen LogP contribution < -0.4 is 5.73 Å². The number of hydrogen-bond acceptors (Lipinski definition) is 5. The van der Waals surface area contributed by atoms with Gasteiger partial charge in [0.25, 0.3) is 0 Å². The van der Waals surface area contributed by atoms with Crippen molar-refractivity contribution < 1.29 is 4.52 Å². The summed E-state index contributed by atoms with van der Waals surface area (Å²) in [5, 5.41) is 3.97. The van der Waals surface area contributed by atoms with E-state index in [-0.39, 0.29) is 11.5 Å². The normalized spacial score (nSPS) is 13.7. The first-order chi connectivity index (χ1) is 8.85. The Morgan fingerprint density at radius 3 is 2.74 bits per heavy atom. The molecular formula is C13H21N5O. The van der Waals surface area contributed by atoms with E-state index < -0.39 is 0 Å². The molecule has 6 nitrogen and oxygen atoms in total. The smallest absolute Gasteiger partial charge is 0.228 e. The average Bonchev–Trinajstić information content (AvgIpc) is 2.83. The van der Waals surface area contributed by atoms with E-state index in [0.717, 1.165) is 12.1 Å². The summed E-state index contributed by atoms with van der Waals surface area (Å²) in [6.07, 6.45) is 4.93. The predicted molar refractivity (Wildman–Crippen MR) is 72.3 cm³/mol. The lowest BCUT2D eigenvalue weighted by atomic mass is 9.87. The van der Waals surface area contributed by atoms with E-state index in [1.807, 2.05) is 11.6 Å². The van der Waals surface area contributed by atoms with Crippen molar-refractivity contribution in [1.29, 1.82) is 0 Å². The van der Waals surface area contributed by atoms with E-state index in [1.165, 1.54) is 0 Å². The Morgan fingerprint density at radius 1 is 1.42 bits per heavy atom. The Hall–Kier alpha value is -1.69. The number of rotatable bonds is 4. The van der Waals surface area contributed by atoms with Crippen LogP contribution in [0.15, 0.2) is 17.0 Å². The van der Waals surface area contributed by atoms with Crippen LogP contribution in [0.2, 0.25) is 0 Å². The van der Waals surface area contributed by atoms with Crippen molar-refractivity contribution in [2.45, 2.75) is 39.7 Å². The van der Waals surface area contributed by atoms with Crippen molar-refractivity contribution in [2.75, 3.05) is 0 Å². The first-order valence-corrected chi connectivity index (χ1v) is 6.40. The van der Waals surface area contributed by atoms with Crippen molar-refractivity contribution in [3.05, 3.63) is 18.4 Å². The highest BCUT2D eigenvalue weighted by molar-refractivity contribution is 5.46. The van der Waals surface area contributed by atoms with Gasteiger partial charge in [0.05, 0.1) is 12.5 Å². The van der Waals surface area contributed by atoms with Crippen LogP contribution in [0.5, 0.6) is 0 Å². The Morgan fingerprint density at radius 2 is 2.16 bits per heavy atom. The van der Waals surface area contributed by atoms with Crippen molar-refractivity contribution in [3.8, 4) is 11.5 Å². The fourth-order valence-electron chi connectivity index (χ4n) is 2.10. The SMILES string of the molecule is Cn1cncc1-c1noc(CC(N)CC(C)(C)C)n1. The van der Waals surface area contributed by atoms with Gasteiger partial charge in [-0.1, -0.05) is 25.9 Å². The molecule has 0 amide bonds. The molecule has 2 aromatic rings. The average molecular weight is 263 g/mol. The van der Waals surface area contributed by atoms with Gasteiger partial charge >= 0.3 is 0 Å². The number of hydrogen-bond donors (Lipinski definition) is 1. The topological polar surface area (TPSA) is 82.8 Å². The van der Waals surface area contributed by atoms with Gasteiger partial charge in [-0.25, -0.2) is 4.98 Å². The first-order valence-electron chi connectivity index (χ1n) is 6.40. The molecule has 0 aliphatic carbocycles. The molecule has 6 heteroatoms. The molecule has 0 saturated heterocycles. The Kier molecular flexibility index (Phi) is 3.71. The van der Waals surface area contributed by atoms with Crippen molar-refractivity contribution in [3.63, 3.8) is 0 Å². The summed E-state index contributed by atoms with van der Waals surface area (Å²) in [6, 6.07) is 0.0276. The van der Waals surface area contributed by atoms with Crippen LogP contribution in [-0.2, 0) is 13.5 Å². The highest BCUT2D eigenvalue weighted by Crippen LogP contribution is 2.22. The second kappa shape index (κ2) is 5.13. The Balaban J connectivity index is 2.04. The molecule has 0 aliphatic rings. The van der Waals surface area contributed by atoms with Gasteiger partial charge in [-0.15, -0.1) is 0 Å². The molecule has 0 bridgehead atoms. The molecule has 0 fully saturated rings. The molecule has 0 spiro atoms. The predicted octanol–water partition coefficient (Wildman–Crippen LogP) is 1.78. The molecule has 2 aromatic heterocycles. The summed E-state index contributed by atoms with van der Waals surface area (Å²) in [5.74, 6) is 1.13. The quantitative estimate of drug-likeness (QED) is 0.909. The van der Waals surface area contributed by atoms with E-state index in [4.69, 9.17) is 10.3 Å². The van der Waals surface area contributed by atoms with Gasteiger partial charge < -0.3 is 14.8 Å². The summed E-state index contributed by atoms with van der Waals surface area (Å²) in [4.78, 5) is 8.40. The highest BCUT2D eigenvalue weighted by atomic mass is 16.5. The Bertz CT molecular complexity index is 537. The van der Waals surface area contributed by atoms with E-state index in [2.05, 4.69) is 35.9 Å². The van der Waals surface area contributed by atoms with Crippen LogP contribution in [0, 0.1) is 5.41 Å². The number of imidazole rings is 1. The molecule has 2 N–H and O–H groups in total. The van der Waals surface area contributed by atoms with Gasteiger partial charge in [0.15, 0.2) is 0 Å². The van der Waals surface area contributed by atoms with E-state index in [9.17, 15) is 0 Å². The number of aryl methyl sites for hydroxylation is 1. The van der Waals surface area contributed by atoms with E-state index in [1.54, 1.807) is 12.5 Å². The van der Waals surface area contributed by atoms with Crippen LogP contribution in [0.4, 0.5) is 0 Å². The molecule has 104 valence electrons. The summed E-state index contributed by atoms with van der Waals surface area (Å²) in [5.41, 5.74) is 7.14. The summed E-state index contributed by atoms with van der Waals surface area (Å²) >= 11 is 0. The van der Waals surface area contributed by atoms with Crippen LogP contribution in [0.3, 0.4) is 0 Å². The minimum absolute atomic E-state index is 0.0276. The summed E-state index contributed by atoms with van der Waals surface area (Å²) in [7, 11) is 1.89. The first kappa shape index (κ1) is 13.7. The lowest BCUT2D eigenvalue weighted by molar-refractivity contribution is 0.313. The monoisotopic (exact) mass is 263 g/mol. The van der Waals surface area contributed by atoms with E-state index >= 15 is 0 Å². The maximum atomic E-state index is 6.10. The lowest BCUT2D eigenvalue weighted by Gasteiger charge is -2.21. The zero-order valence-corrected chi connectivity index (χ0v) is 11.9. The molecule has 0 aliphatic heterocycles. The minimum atomic E-state index is 0.0276. The third-order valence-corrected chi connectivity index (χ3v) is 2.83. The minimum Gasteiger partial charge on any atom is -0.339 e. The lowest BCUT2D eigenvalue weighted by Crippen LogP contribution is -2.28. The highest BCUT2D eigenvalue weighted by Gasteiger charge is 2.19. The molecule has 1 unspecified atom stereocenters. The summed E-state index contributed by atoms with van der Waals surface area (Å²) in [6.45, 7) is 6.51. The molecule has 19 heavy (non-hydrogen) atoms. The molecule has 0 saturated carbocycles. The maximum Gasteiger partial charge on any atom is 0.228 e. The van der Waals surface area contributed by atoms with Gasteiger partial charge in [0, 0.05) is 19.5 Å². The van der Waals surface area contributed by atoms with Crippen LogP contribution in [0.1, 0.15) is 33.1 Å². The third-order valence-electron chi connectivity index (χ3n) is 2.83. The van der Waals surface area contributed by atoms with Crippen LogP contribution in [0.25, 0.3) is 11.5 Å². The van der Waals surface area contributed by atoms with Gasteiger partial charge in [-0.3, -0.25) is 0 Å². The van der Waals surface area contributed by atoms with Gasteiger partial charge in [0.2, 0.25) is 11.7 Å². The van der Waals surface area contributed by atoms with Crippen molar-refractivity contribution in [1.82, 2.24) is 19.7 Å². The zero-order chi connectivity index (χ0) is 14.0.